The Labute approximate surface area is 142 Å². The molecule has 0 aliphatic heterocycles. The molecule has 24 heavy (non-hydrogen) atoms. The summed E-state index contributed by atoms with van der Waals surface area (Å²) in [4.78, 5) is 15.1. The molecule has 0 fully saturated rings. The van der Waals surface area contributed by atoms with E-state index >= 15 is 0 Å². The van der Waals surface area contributed by atoms with Crippen molar-refractivity contribution in [3.05, 3.63) is 65.3 Å². The minimum Gasteiger partial charge on any atom is -0.478 e. The fourth-order valence-corrected chi connectivity index (χ4v) is 3.73. The summed E-state index contributed by atoms with van der Waals surface area (Å²) in [5.41, 5.74) is 0.515. The summed E-state index contributed by atoms with van der Waals surface area (Å²) in [6, 6.07) is 11.6. The molecular formula is C16H11ClN2O4S. The maximum atomic E-state index is 12.7. The number of benzene rings is 2. The first-order valence-corrected chi connectivity index (χ1v) is 8.64. The van der Waals surface area contributed by atoms with E-state index in [1.165, 1.54) is 42.6 Å². The van der Waals surface area contributed by atoms with E-state index in [1.54, 1.807) is 12.1 Å². The summed E-state index contributed by atoms with van der Waals surface area (Å²) >= 11 is 6.05. The molecule has 6 nitrogen and oxygen atoms in total. The van der Waals surface area contributed by atoms with Crippen molar-refractivity contribution in [3.63, 3.8) is 0 Å². The number of carbonyl (C=O) groups is 1. The second-order valence-electron chi connectivity index (χ2n) is 4.94. The number of sulfonamides is 1. The Morgan fingerprint density at radius 2 is 1.92 bits per heavy atom. The SMILES string of the molecule is O=C(O)c1cccc(NS(=O)(=O)c2ccc(Cl)c3ncccc23)c1. The lowest BCUT2D eigenvalue weighted by Crippen LogP contribution is -2.14. The molecule has 3 aromatic rings. The number of rotatable bonds is 4. The summed E-state index contributed by atoms with van der Waals surface area (Å²) < 4.78 is 27.7. The van der Waals surface area contributed by atoms with Crippen LogP contribution in [0.15, 0.2) is 59.6 Å². The lowest BCUT2D eigenvalue weighted by molar-refractivity contribution is 0.0697. The molecular weight excluding hydrogens is 352 g/mol. The van der Waals surface area contributed by atoms with Gasteiger partial charge >= 0.3 is 5.97 Å². The number of carboxylic acids is 1. The fourth-order valence-electron chi connectivity index (χ4n) is 2.27. The van der Waals surface area contributed by atoms with Crippen molar-refractivity contribution in [2.45, 2.75) is 4.90 Å². The van der Waals surface area contributed by atoms with Crippen molar-refractivity contribution < 1.29 is 18.3 Å². The van der Waals surface area contributed by atoms with Crippen LogP contribution in [-0.4, -0.2) is 24.5 Å². The van der Waals surface area contributed by atoms with Gasteiger partial charge in [-0.2, -0.15) is 0 Å². The quantitative estimate of drug-likeness (QED) is 0.741. The molecule has 0 unspecified atom stereocenters. The molecule has 122 valence electrons. The fraction of sp³-hybridized carbons (Fsp3) is 0. The number of halogens is 1. The van der Waals surface area contributed by atoms with Crippen LogP contribution in [0.3, 0.4) is 0 Å². The van der Waals surface area contributed by atoms with Crippen LogP contribution in [0.5, 0.6) is 0 Å². The molecule has 0 amide bonds. The average Bonchev–Trinajstić information content (AvgIpc) is 2.55. The Morgan fingerprint density at radius 3 is 2.67 bits per heavy atom. The van der Waals surface area contributed by atoms with E-state index in [9.17, 15) is 13.2 Å². The topological polar surface area (TPSA) is 96.4 Å². The van der Waals surface area contributed by atoms with Crippen molar-refractivity contribution in [3.8, 4) is 0 Å². The molecule has 3 rings (SSSR count). The zero-order chi connectivity index (χ0) is 17.3. The highest BCUT2D eigenvalue weighted by Crippen LogP contribution is 2.28. The molecule has 2 aromatic carbocycles. The molecule has 0 saturated heterocycles. The van der Waals surface area contributed by atoms with Gasteiger partial charge in [-0.15, -0.1) is 0 Å². The van der Waals surface area contributed by atoms with Gasteiger partial charge in [0.15, 0.2) is 0 Å². The Hall–Kier alpha value is -2.64. The van der Waals surface area contributed by atoms with E-state index in [1.807, 2.05) is 0 Å². The van der Waals surface area contributed by atoms with Crippen LogP contribution in [0.25, 0.3) is 10.9 Å². The highest BCUT2D eigenvalue weighted by atomic mass is 35.5. The number of aromatic nitrogens is 1. The van der Waals surface area contributed by atoms with Gasteiger partial charge in [0.1, 0.15) is 0 Å². The standard InChI is InChI=1S/C16H11ClN2O4S/c17-13-6-7-14(12-5-2-8-18-15(12)13)24(22,23)19-11-4-1-3-10(9-11)16(20)21/h1-9,19H,(H,20,21). The number of nitrogens with zero attached hydrogens (tertiary/aromatic N) is 1. The van der Waals surface area contributed by atoms with Crippen LogP contribution in [0.2, 0.25) is 5.02 Å². The highest BCUT2D eigenvalue weighted by Gasteiger charge is 2.19. The number of anilines is 1. The molecule has 2 N–H and O–H groups in total. The lowest BCUT2D eigenvalue weighted by Gasteiger charge is -2.11. The summed E-state index contributed by atoms with van der Waals surface area (Å²) in [5, 5.41) is 9.72. The van der Waals surface area contributed by atoms with Crippen molar-refractivity contribution >= 4 is 44.2 Å². The minimum absolute atomic E-state index is 0.00993. The van der Waals surface area contributed by atoms with Gasteiger partial charge in [0.2, 0.25) is 0 Å². The van der Waals surface area contributed by atoms with Gasteiger partial charge < -0.3 is 5.11 Å². The first kappa shape index (κ1) is 16.2. The summed E-state index contributed by atoms with van der Waals surface area (Å²) in [6.45, 7) is 0. The van der Waals surface area contributed by atoms with E-state index in [0.29, 0.717) is 15.9 Å². The van der Waals surface area contributed by atoms with Gasteiger partial charge in [-0.3, -0.25) is 9.71 Å². The van der Waals surface area contributed by atoms with E-state index in [-0.39, 0.29) is 16.1 Å². The number of aromatic carboxylic acids is 1. The molecule has 0 atom stereocenters. The van der Waals surface area contributed by atoms with Gasteiger partial charge in [0.05, 0.1) is 21.0 Å². The number of hydrogen-bond donors (Lipinski definition) is 2. The van der Waals surface area contributed by atoms with Crippen LogP contribution < -0.4 is 4.72 Å². The Balaban J connectivity index is 2.08. The van der Waals surface area contributed by atoms with Gasteiger partial charge in [0.25, 0.3) is 10.0 Å². The Bertz CT molecular complexity index is 1050. The molecule has 0 spiro atoms. The van der Waals surface area contributed by atoms with Crippen molar-refractivity contribution in [2.75, 3.05) is 4.72 Å². The summed E-state index contributed by atoms with van der Waals surface area (Å²) in [7, 11) is -3.94. The molecule has 1 heterocycles. The molecule has 8 heteroatoms. The van der Waals surface area contributed by atoms with E-state index < -0.39 is 16.0 Å². The third-order valence-corrected chi connectivity index (χ3v) is 5.08. The molecule has 1 aromatic heterocycles. The summed E-state index contributed by atoms with van der Waals surface area (Å²) in [6.07, 6.45) is 1.52. The third-order valence-electron chi connectivity index (χ3n) is 3.33. The van der Waals surface area contributed by atoms with Crippen molar-refractivity contribution in [1.29, 1.82) is 0 Å². The van der Waals surface area contributed by atoms with E-state index in [2.05, 4.69) is 9.71 Å². The number of hydrogen-bond acceptors (Lipinski definition) is 4. The normalized spacial score (nSPS) is 11.4. The van der Waals surface area contributed by atoms with Crippen molar-refractivity contribution in [1.82, 2.24) is 4.98 Å². The maximum Gasteiger partial charge on any atom is 0.335 e. The molecule has 0 aliphatic carbocycles. The second kappa shape index (κ2) is 6.10. The maximum absolute atomic E-state index is 12.7. The molecule has 0 bridgehead atoms. The van der Waals surface area contributed by atoms with Gasteiger partial charge in [0, 0.05) is 17.3 Å². The number of fused-ring (bicyclic) bond motifs is 1. The van der Waals surface area contributed by atoms with Gasteiger partial charge in [-0.25, -0.2) is 13.2 Å². The zero-order valence-corrected chi connectivity index (χ0v) is 13.7. The first-order valence-electron chi connectivity index (χ1n) is 6.78. The Morgan fingerprint density at radius 1 is 1.12 bits per heavy atom. The van der Waals surface area contributed by atoms with Crippen molar-refractivity contribution in [2.24, 2.45) is 0 Å². The van der Waals surface area contributed by atoms with Crippen LogP contribution in [-0.2, 0) is 10.0 Å². The number of pyridine rings is 1. The number of nitrogens with one attached hydrogen (secondary N) is 1. The van der Waals surface area contributed by atoms with Crippen LogP contribution in [0, 0.1) is 0 Å². The second-order valence-corrected chi connectivity index (χ2v) is 6.99. The smallest absolute Gasteiger partial charge is 0.335 e. The molecule has 0 aliphatic rings. The number of carboxylic acid groups (broad SMARTS) is 1. The largest absolute Gasteiger partial charge is 0.478 e. The predicted molar refractivity (Wildman–Crippen MR) is 91.0 cm³/mol. The van der Waals surface area contributed by atoms with Crippen LogP contribution >= 0.6 is 11.6 Å². The highest BCUT2D eigenvalue weighted by molar-refractivity contribution is 7.93. The van der Waals surface area contributed by atoms with Gasteiger partial charge in [-0.05, 0) is 42.5 Å². The lowest BCUT2D eigenvalue weighted by atomic mass is 10.2. The zero-order valence-electron chi connectivity index (χ0n) is 12.1. The van der Waals surface area contributed by atoms with Crippen LogP contribution in [0.4, 0.5) is 5.69 Å². The predicted octanol–water partition coefficient (Wildman–Crippen LogP) is 3.39. The monoisotopic (exact) mass is 362 g/mol. The first-order chi connectivity index (χ1) is 11.4. The van der Waals surface area contributed by atoms with Crippen LogP contribution in [0.1, 0.15) is 10.4 Å². The summed E-state index contributed by atoms with van der Waals surface area (Å²) in [5.74, 6) is -1.14. The minimum atomic E-state index is -3.94. The third kappa shape index (κ3) is 3.04. The molecule has 0 radical (unpaired) electrons. The average molecular weight is 363 g/mol. The van der Waals surface area contributed by atoms with E-state index in [4.69, 9.17) is 16.7 Å². The van der Waals surface area contributed by atoms with E-state index in [0.717, 1.165) is 0 Å². The Kier molecular flexibility index (Phi) is 4.13. The molecule has 0 saturated carbocycles. The van der Waals surface area contributed by atoms with Gasteiger partial charge in [-0.1, -0.05) is 17.7 Å².